The number of nitrogens with one attached hydrogen (secondary N) is 8. The maximum atomic E-state index is 13.9. The summed E-state index contributed by atoms with van der Waals surface area (Å²) in [6.07, 6.45) is 1.98. The van der Waals surface area contributed by atoms with E-state index >= 15 is 0 Å². The van der Waals surface area contributed by atoms with Gasteiger partial charge in [-0.3, -0.25) is 33.6 Å². The van der Waals surface area contributed by atoms with Crippen molar-refractivity contribution < 1.29 is 33.6 Å². The highest BCUT2D eigenvalue weighted by Gasteiger charge is 2.36. The summed E-state index contributed by atoms with van der Waals surface area (Å²) >= 11 is 0. The lowest BCUT2D eigenvalue weighted by Crippen LogP contribution is -2.62. The maximum Gasteiger partial charge on any atom is 0.243 e. The van der Waals surface area contributed by atoms with Crippen LogP contribution in [0.5, 0.6) is 0 Å². The minimum atomic E-state index is -1.08. The van der Waals surface area contributed by atoms with E-state index in [4.69, 9.17) is 0 Å². The molecule has 15 nitrogen and oxygen atoms in total. The third kappa shape index (κ3) is 11.8. The van der Waals surface area contributed by atoms with Gasteiger partial charge >= 0.3 is 0 Å². The van der Waals surface area contributed by atoms with Gasteiger partial charge in [0.05, 0.1) is 6.54 Å². The number of H-pyrrole nitrogens is 1. The number of carbonyl (C=O) groups is 7. The fourth-order valence-corrected chi connectivity index (χ4v) is 5.97. The van der Waals surface area contributed by atoms with E-state index in [1.54, 1.807) is 47.7 Å². The van der Waals surface area contributed by atoms with Crippen molar-refractivity contribution in [2.45, 2.75) is 105 Å². The second kappa shape index (κ2) is 19.0. The molecule has 15 heteroatoms. The smallest absolute Gasteiger partial charge is 0.243 e. The van der Waals surface area contributed by atoms with Gasteiger partial charge in [-0.2, -0.15) is 0 Å². The number of aromatic amines is 1. The van der Waals surface area contributed by atoms with Crippen LogP contribution in [0.2, 0.25) is 0 Å². The molecule has 1 aliphatic heterocycles. The van der Waals surface area contributed by atoms with Crippen LogP contribution in [0.4, 0.5) is 0 Å². The Kier molecular flexibility index (Phi) is 15.2. The number of rotatable bonds is 7. The van der Waals surface area contributed by atoms with Gasteiger partial charge in [0.15, 0.2) is 0 Å². The van der Waals surface area contributed by atoms with Gasteiger partial charge < -0.3 is 42.2 Å². The summed E-state index contributed by atoms with van der Waals surface area (Å²) < 4.78 is 0. The summed E-state index contributed by atoms with van der Waals surface area (Å²) in [5.41, 5.74) is 1.63. The van der Waals surface area contributed by atoms with Crippen molar-refractivity contribution in [2.24, 2.45) is 23.7 Å². The quantitative estimate of drug-likeness (QED) is 0.205. The van der Waals surface area contributed by atoms with Crippen molar-refractivity contribution in [1.29, 1.82) is 0 Å². The Balaban J connectivity index is 1.97. The Morgan fingerprint density at radius 1 is 0.596 bits per heavy atom. The zero-order valence-electron chi connectivity index (χ0n) is 31.5. The van der Waals surface area contributed by atoms with Gasteiger partial charge in [-0.05, 0) is 41.7 Å². The molecule has 1 aromatic carbocycles. The molecule has 0 saturated carbocycles. The maximum absolute atomic E-state index is 13.9. The number of para-hydroxylation sites is 1. The van der Waals surface area contributed by atoms with Gasteiger partial charge in [0.2, 0.25) is 41.4 Å². The van der Waals surface area contributed by atoms with Gasteiger partial charge in [-0.25, -0.2) is 0 Å². The van der Waals surface area contributed by atoms with Crippen molar-refractivity contribution in [3.63, 3.8) is 0 Å². The molecule has 1 aromatic heterocycles. The molecule has 0 spiro atoms. The summed E-state index contributed by atoms with van der Waals surface area (Å²) in [4.78, 5) is 97.0. The van der Waals surface area contributed by atoms with Crippen LogP contribution < -0.4 is 37.2 Å². The Morgan fingerprint density at radius 3 is 1.69 bits per heavy atom. The minimum Gasteiger partial charge on any atom is -0.361 e. The third-order valence-corrected chi connectivity index (χ3v) is 8.93. The molecule has 1 fully saturated rings. The lowest BCUT2D eigenvalue weighted by molar-refractivity contribution is -0.137. The summed E-state index contributed by atoms with van der Waals surface area (Å²) in [6.45, 7) is 13.7. The summed E-state index contributed by atoms with van der Waals surface area (Å²) in [5, 5.41) is 19.8. The van der Waals surface area contributed by atoms with Crippen LogP contribution in [0.1, 0.15) is 73.8 Å². The first-order valence-electron chi connectivity index (χ1n) is 18.1. The monoisotopic (exact) mass is 724 g/mol. The van der Waals surface area contributed by atoms with E-state index in [-0.39, 0.29) is 31.7 Å². The molecular formula is C37H56N8O7. The largest absolute Gasteiger partial charge is 0.361 e. The van der Waals surface area contributed by atoms with E-state index < -0.39 is 95.9 Å². The molecule has 1 saturated heterocycles. The van der Waals surface area contributed by atoms with E-state index in [2.05, 4.69) is 42.2 Å². The first kappa shape index (κ1) is 41.5. The highest BCUT2D eigenvalue weighted by atomic mass is 16.2. The second-order valence-corrected chi connectivity index (χ2v) is 14.9. The lowest BCUT2D eigenvalue weighted by Gasteiger charge is -2.30. The van der Waals surface area contributed by atoms with Gasteiger partial charge in [0.25, 0.3) is 0 Å². The number of hydrogen-bond donors (Lipinski definition) is 8. The molecule has 0 unspecified atom stereocenters. The number of aromatic nitrogens is 1. The van der Waals surface area contributed by atoms with Crippen LogP contribution in [0.3, 0.4) is 0 Å². The van der Waals surface area contributed by atoms with Gasteiger partial charge in [-0.1, -0.05) is 73.6 Å². The summed E-state index contributed by atoms with van der Waals surface area (Å²) in [6, 6.07) is 2.25. The Bertz CT molecular complexity index is 1600. The Hall–Kier alpha value is -4.95. The molecule has 3 rings (SSSR count). The third-order valence-electron chi connectivity index (χ3n) is 8.93. The first-order chi connectivity index (χ1) is 24.5. The molecular weight excluding hydrogens is 668 g/mol. The zero-order valence-corrected chi connectivity index (χ0v) is 31.5. The standard InChI is InChI=1S/C37H56N8O7/c1-19(2)15-26-34(49)43-31(21(5)6)36(51)45-32(22(7)8)37(52)44-30(20(3)4)35(50)42-27(16-23-17-39-25-12-10-9-11-24(23)25)33(48)38-14-13-28(46)40-18-29(47)41-26/h9-12,17,19-22,26-27,30-32,39H,13-16,18H2,1-8H3,(H,38,48)(H,40,46)(H,41,47)(H,42,50)(H,43,49)(H,44,52)(H,45,51)/t26-,27-,30+,31+,32+/m1/s1. The highest BCUT2D eigenvalue weighted by molar-refractivity contribution is 5.97. The molecule has 0 radical (unpaired) electrons. The number of amides is 7. The topological polar surface area (TPSA) is 219 Å². The molecule has 5 atom stereocenters. The van der Waals surface area contributed by atoms with Gasteiger partial charge in [-0.15, -0.1) is 0 Å². The van der Waals surface area contributed by atoms with Gasteiger partial charge in [0.1, 0.15) is 30.2 Å². The molecule has 286 valence electrons. The van der Waals surface area contributed by atoms with Crippen molar-refractivity contribution in [2.75, 3.05) is 13.1 Å². The van der Waals surface area contributed by atoms with Crippen LogP contribution in [-0.4, -0.2) is 89.6 Å². The SMILES string of the molecule is CC(C)C[C@H]1NC(=O)CNC(=O)CCNC(=O)[C@@H](Cc2c[nH]c3ccccc23)NC(=O)[C@H](C(C)C)NC(=O)[C@H](C(C)C)NC(=O)[C@H](C(C)C)NC1=O. The summed E-state index contributed by atoms with van der Waals surface area (Å²) in [7, 11) is 0. The number of carbonyl (C=O) groups excluding carboxylic acids is 7. The van der Waals surface area contributed by atoms with Crippen molar-refractivity contribution in [3.05, 3.63) is 36.0 Å². The molecule has 0 aliphatic carbocycles. The average Bonchev–Trinajstić information content (AvgIpc) is 3.48. The molecule has 52 heavy (non-hydrogen) atoms. The normalized spacial score (nSPS) is 24.0. The highest BCUT2D eigenvalue weighted by Crippen LogP contribution is 2.20. The predicted molar refractivity (Wildman–Crippen MR) is 196 cm³/mol. The van der Waals surface area contributed by atoms with Crippen molar-refractivity contribution in [3.8, 4) is 0 Å². The van der Waals surface area contributed by atoms with Crippen molar-refractivity contribution in [1.82, 2.24) is 42.2 Å². The summed E-state index contributed by atoms with van der Waals surface area (Å²) in [5.74, 6) is -5.29. The van der Waals surface area contributed by atoms with E-state index in [1.165, 1.54) is 0 Å². The number of hydrogen-bond acceptors (Lipinski definition) is 7. The predicted octanol–water partition coefficient (Wildman–Crippen LogP) is 0.785. The fraction of sp³-hybridized carbons (Fsp3) is 0.595. The molecule has 7 amide bonds. The zero-order chi connectivity index (χ0) is 38.7. The Labute approximate surface area is 305 Å². The van der Waals surface area contributed by atoms with Crippen LogP contribution in [0.25, 0.3) is 10.9 Å². The van der Waals surface area contributed by atoms with Crippen LogP contribution in [0.15, 0.2) is 30.5 Å². The van der Waals surface area contributed by atoms with Crippen molar-refractivity contribution >= 4 is 52.3 Å². The molecule has 8 N–H and O–H groups in total. The van der Waals surface area contributed by atoms with E-state index in [9.17, 15) is 33.6 Å². The van der Waals surface area contributed by atoms with E-state index in [1.807, 2.05) is 38.1 Å². The van der Waals surface area contributed by atoms with Crippen LogP contribution in [0, 0.1) is 23.7 Å². The minimum absolute atomic E-state index is 0.000878. The van der Waals surface area contributed by atoms with Gasteiger partial charge in [0, 0.05) is 36.5 Å². The number of benzene rings is 1. The lowest BCUT2D eigenvalue weighted by atomic mass is 9.97. The second-order valence-electron chi connectivity index (χ2n) is 14.9. The molecule has 0 bridgehead atoms. The van der Waals surface area contributed by atoms with Crippen LogP contribution in [-0.2, 0) is 40.0 Å². The molecule has 1 aliphatic rings. The molecule has 2 heterocycles. The van der Waals surface area contributed by atoms with E-state index in [0.29, 0.717) is 0 Å². The average molecular weight is 725 g/mol. The molecule has 2 aromatic rings. The van der Waals surface area contributed by atoms with Crippen LogP contribution >= 0.6 is 0 Å². The first-order valence-corrected chi connectivity index (χ1v) is 18.1. The Morgan fingerprint density at radius 2 is 1.13 bits per heavy atom. The number of fused-ring (bicyclic) bond motifs is 1. The fourth-order valence-electron chi connectivity index (χ4n) is 5.97. The van der Waals surface area contributed by atoms with E-state index in [0.717, 1.165) is 16.5 Å².